The molecule has 0 spiro atoms. The summed E-state index contributed by atoms with van der Waals surface area (Å²) in [5.41, 5.74) is -2.71. The molecule has 204 valence electrons. The first-order chi connectivity index (χ1) is 17.1. The minimum Gasteiger partial charge on any atom is -0.258 e. The lowest BCUT2D eigenvalue weighted by Crippen LogP contribution is -2.68. The van der Waals surface area contributed by atoms with Crippen molar-refractivity contribution in [2.24, 2.45) is 0 Å². The van der Waals surface area contributed by atoms with Gasteiger partial charge in [0.25, 0.3) is 11.4 Å². The predicted molar refractivity (Wildman–Crippen MR) is 89.0 cm³/mol. The molecule has 0 bridgehead atoms. The van der Waals surface area contributed by atoms with Gasteiger partial charge in [-0.05, 0) is 0 Å². The fourth-order valence-corrected chi connectivity index (χ4v) is 1.71. The molecule has 0 N–H and O–H groups in total. The van der Waals surface area contributed by atoms with Gasteiger partial charge in [-0.1, -0.05) is 0 Å². The maximum Gasteiger partial charge on any atom is 0.461 e. The van der Waals surface area contributed by atoms with Crippen LogP contribution in [-0.2, 0) is 0 Å². The third-order valence-electron chi connectivity index (χ3n) is 2.95. The van der Waals surface area contributed by atoms with E-state index < -0.39 is 62.9 Å². The Hall–Kier alpha value is -4.86. The molecular formula is C12H6Cl2N8O16. The molecule has 0 unspecified atom stereocenters. The quantitative estimate of drug-likeness (QED) is 0.182. The summed E-state index contributed by atoms with van der Waals surface area (Å²) < 4.78 is 67.9. The van der Waals surface area contributed by atoms with Crippen molar-refractivity contribution in [2.75, 3.05) is 0 Å². The van der Waals surface area contributed by atoms with E-state index in [-0.39, 0.29) is 11.4 Å². The molecule has 0 fully saturated rings. The monoisotopic (exact) mass is 588 g/mol. The summed E-state index contributed by atoms with van der Waals surface area (Å²) in [6.45, 7) is 0. The molecule has 0 heterocycles. The summed E-state index contributed by atoms with van der Waals surface area (Å²) in [5.74, 6) is 0. The highest BCUT2D eigenvalue weighted by atomic mass is 35.7. The first-order valence-electron chi connectivity index (χ1n) is 7.91. The van der Waals surface area contributed by atoms with Crippen LogP contribution in [0, 0.1) is 71.7 Å². The molecule has 0 aliphatic carbocycles. The van der Waals surface area contributed by atoms with Gasteiger partial charge in [-0.2, -0.15) is 0 Å². The molecule has 24 nitrogen and oxygen atoms in total. The molecular weight excluding hydrogens is 583 g/mol. The van der Waals surface area contributed by atoms with Gasteiger partial charge in [-0.3, -0.25) is 40.5 Å². The minimum absolute atomic E-state index is 0.319. The zero-order valence-corrected chi connectivity index (χ0v) is 18.8. The van der Waals surface area contributed by atoms with E-state index >= 15 is 0 Å². The lowest BCUT2D eigenvalue weighted by molar-refractivity contribution is -2.00. The average Bonchev–Trinajstić information content (AvgIpc) is 2.76. The number of nitrogens with zero attached hydrogens (tertiary/aromatic N) is 8. The first-order valence-corrected chi connectivity index (χ1v) is 10.4. The van der Waals surface area contributed by atoms with Crippen LogP contribution in [-0.4, -0.2) is 19.7 Å². The van der Waals surface area contributed by atoms with Crippen LogP contribution < -0.4 is 37.3 Å². The Labute approximate surface area is 209 Å². The zero-order chi connectivity index (χ0) is 30.4. The third kappa shape index (κ3) is 16.7. The Balaban J connectivity index is 0. The highest BCUT2D eigenvalue weighted by Gasteiger charge is 2.28. The van der Waals surface area contributed by atoms with E-state index in [1.165, 1.54) is 0 Å². The number of non-ortho nitro benzene ring substituents is 2. The molecule has 0 aliphatic heterocycles. The van der Waals surface area contributed by atoms with Gasteiger partial charge in [0.15, 0.2) is 9.95 Å². The number of hydrogen-bond donors (Lipinski definition) is 0. The van der Waals surface area contributed by atoms with Gasteiger partial charge in [0.1, 0.15) is 12.1 Å². The smallest absolute Gasteiger partial charge is 0.258 e. The van der Waals surface area contributed by atoms with Crippen LogP contribution in [0.5, 0.6) is 0 Å². The summed E-state index contributed by atoms with van der Waals surface area (Å²) in [6, 6.07) is 5.49. The van der Waals surface area contributed by atoms with Crippen LogP contribution in [0.25, 0.3) is 9.95 Å². The molecule has 0 atom stereocenters. The first kappa shape index (κ1) is 35.3. The molecule has 26 heteroatoms. The zero-order valence-electron chi connectivity index (χ0n) is 17.3. The molecule has 0 amide bonds. The average molecular weight is 589 g/mol. The lowest BCUT2D eigenvalue weighted by atomic mass is 10.2. The standard InChI is InChI=1S/2C6H3N4O4.2ClHO4/c2*7-8-5-2-1-4(9(11)12)3-6(5)10(13)14;2*2-1(3,4)5/h2*1-3H;2*(H,2,3,4,5)/q2*+1;;/p-2. The van der Waals surface area contributed by atoms with Crippen molar-refractivity contribution in [2.45, 2.75) is 0 Å². The second-order valence-electron chi connectivity index (χ2n) is 5.33. The van der Waals surface area contributed by atoms with Crippen molar-refractivity contribution in [3.63, 3.8) is 0 Å². The van der Waals surface area contributed by atoms with E-state index in [2.05, 4.69) is 9.95 Å². The van der Waals surface area contributed by atoms with Gasteiger partial charge in [-0.15, -0.1) is 20.5 Å². The van der Waals surface area contributed by atoms with Crippen LogP contribution in [0.1, 0.15) is 0 Å². The topological polar surface area (TPSA) is 413 Å². The number of halogens is 2. The van der Waals surface area contributed by atoms with Crippen molar-refractivity contribution in [1.29, 1.82) is 10.8 Å². The van der Waals surface area contributed by atoms with Gasteiger partial charge in [0, 0.05) is 24.3 Å². The third-order valence-corrected chi connectivity index (χ3v) is 2.95. The van der Waals surface area contributed by atoms with Gasteiger partial charge in [0.05, 0.1) is 19.7 Å². The minimum atomic E-state index is -4.94. The van der Waals surface area contributed by atoms with Crippen molar-refractivity contribution in [1.82, 2.24) is 0 Å². The normalized spacial score (nSPS) is 9.84. The van der Waals surface area contributed by atoms with Crippen LogP contribution in [0.3, 0.4) is 0 Å². The van der Waals surface area contributed by atoms with Gasteiger partial charge in [0.2, 0.25) is 10.8 Å². The maximum absolute atomic E-state index is 10.4. The van der Waals surface area contributed by atoms with E-state index in [4.69, 9.17) is 48.1 Å². The van der Waals surface area contributed by atoms with Crippen LogP contribution in [0.2, 0.25) is 0 Å². The fraction of sp³-hybridized carbons (Fsp3) is 0. The Morgan fingerprint density at radius 2 is 0.763 bits per heavy atom. The molecule has 0 aliphatic rings. The van der Waals surface area contributed by atoms with E-state index in [1.807, 2.05) is 0 Å². The summed E-state index contributed by atoms with van der Waals surface area (Å²) in [6.07, 6.45) is 0. The number of nitro benzene ring substituents is 4. The molecule has 0 saturated heterocycles. The maximum atomic E-state index is 10.4. The molecule has 0 aromatic heterocycles. The van der Waals surface area contributed by atoms with E-state index in [0.717, 1.165) is 36.4 Å². The second kappa shape index (κ2) is 15.3. The number of benzene rings is 2. The Kier molecular flexibility index (Phi) is 14.2. The van der Waals surface area contributed by atoms with Gasteiger partial charge in [-0.25, -0.2) is 37.3 Å². The van der Waals surface area contributed by atoms with E-state index in [1.54, 1.807) is 0 Å². The lowest BCUT2D eigenvalue weighted by Gasteiger charge is -2.17. The van der Waals surface area contributed by atoms with Gasteiger partial charge >= 0.3 is 22.7 Å². The fourth-order valence-electron chi connectivity index (χ4n) is 1.71. The van der Waals surface area contributed by atoms with Crippen molar-refractivity contribution in [3.8, 4) is 0 Å². The highest BCUT2D eigenvalue weighted by Crippen LogP contribution is 2.31. The largest absolute Gasteiger partial charge is 0.461 e. The molecule has 2 aromatic carbocycles. The van der Waals surface area contributed by atoms with Crippen molar-refractivity contribution < 1.29 is 77.5 Å². The van der Waals surface area contributed by atoms with Crippen molar-refractivity contribution >= 4 is 34.1 Å². The predicted octanol–water partition coefficient (Wildman–Crippen LogP) is -5.54. The van der Waals surface area contributed by atoms with Crippen LogP contribution >= 0.6 is 0 Å². The number of hydrogen-bond acceptors (Lipinski definition) is 18. The summed E-state index contributed by atoms with van der Waals surface area (Å²) >= 11 is 0. The second-order valence-corrected chi connectivity index (χ2v) is 6.84. The van der Waals surface area contributed by atoms with Crippen LogP contribution in [0.15, 0.2) is 36.4 Å². The molecule has 38 heavy (non-hydrogen) atoms. The van der Waals surface area contributed by atoms with E-state index in [0.29, 0.717) is 0 Å². The van der Waals surface area contributed by atoms with Crippen LogP contribution in [0.4, 0.5) is 34.1 Å². The number of rotatable bonds is 4. The molecule has 0 radical (unpaired) electrons. The Morgan fingerprint density at radius 1 is 0.526 bits per heavy atom. The Bertz CT molecular complexity index is 1160. The molecule has 0 saturated carbocycles. The number of diazo groups is 2. The summed E-state index contributed by atoms with van der Waals surface area (Å²) in [5, 5.41) is 58.0. The number of nitro groups is 4. The SMILES string of the molecule is N#[N+]c1ccc([N+](=O)[O-])cc1[N+](=O)[O-].N#[N+]c1ccc([N+](=O)[O-])cc1[N+](=O)[O-].[O-][Cl+3]([O-])([O-])[O-].[O-][Cl+3]([O-])([O-])[O-]. The van der Waals surface area contributed by atoms with E-state index in [9.17, 15) is 40.5 Å². The van der Waals surface area contributed by atoms with Crippen molar-refractivity contribution in [3.05, 3.63) is 86.8 Å². The molecule has 2 rings (SSSR count). The highest BCUT2D eigenvalue weighted by molar-refractivity contribution is 5.66. The summed E-state index contributed by atoms with van der Waals surface area (Å²) in [7, 11) is -9.89. The van der Waals surface area contributed by atoms with Gasteiger partial charge < -0.3 is 0 Å². The Morgan fingerprint density at radius 3 is 0.921 bits per heavy atom. The molecule has 2 aromatic rings. The summed E-state index contributed by atoms with van der Waals surface area (Å²) in [4.78, 5) is 43.3.